The number of amides is 1. The van der Waals surface area contributed by atoms with Gasteiger partial charge in [-0.05, 0) is 18.4 Å². The molecule has 0 aliphatic heterocycles. The zero-order chi connectivity index (χ0) is 21.9. The van der Waals surface area contributed by atoms with Crippen LogP contribution in [-0.4, -0.2) is 29.8 Å². The van der Waals surface area contributed by atoms with Gasteiger partial charge in [-0.2, -0.15) is 0 Å². The van der Waals surface area contributed by atoms with Gasteiger partial charge in [0.15, 0.2) is 0 Å². The topological polar surface area (TPSA) is 58.6 Å². The van der Waals surface area contributed by atoms with E-state index in [-0.39, 0.29) is 24.7 Å². The second-order valence-electron chi connectivity index (χ2n) is 8.48. The number of aliphatic hydroxyl groups excluding tert-OH is 1. The Morgan fingerprint density at radius 1 is 0.900 bits per heavy atom. The summed E-state index contributed by atoms with van der Waals surface area (Å²) in [5, 5.41) is 12.4. The first kappa shape index (κ1) is 26.6. The largest absolute Gasteiger partial charge is 0.394 e. The van der Waals surface area contributed by atoms with Gasteiger partial charge in [0.25, 0.3) is 0 Å². The molecule has 1 aromatic carbocycles. The number of hydrogen-bond acceptors (Lipinski definition) is 3. The van der Waals surface area contributed by atoms with Crippen molar-refractivity contribution in [3.8, 4) is 0 Å². The maximum absolute atomic E-state index is 12.5. The Kier molecular flexibility index (Phi) is 16.3. The number of hydrogen-bond donors (Lipinski definition) is 2. The van der Waals surface area contributed by atoms with Gasteiger partial charge in [-0.3, -0.25) is 4.79 Å². The predicted molar refractivity (Wildman–Crippen MR) is 125 cm³/mol. The number of unbranched alkanes of at least 4 members (excludes halogenated alkanes) is 8. The molecule has 0 saturated carbocycles. The average Bonchev–Trinajstić information content (AvgIpc) is 2.76. The van der Waals surface area contributed by atoms with Crippen molar-refractivity contribution in [2.75, 3.05) is 6.61 Å². The van der Waals surface area contributed by atoms with Crippen molar-refractivity contribution in [2.45, 2.75) is 116 Å². The predicted octanol–water partition coefficient (Wildman–Crippen LogP) is 6.16. The summed E-state index contributed by atoms with van der Waals surface area (Å²) in [6.45, 7) is 4.84. The number of carbonyl (C=O) groups excluding carboxylic acids is 1. The summed E-state index contributed by atoms with van der Waals surface area (Å²) in [5.74, 6) is -0.0171. The first-order valence-electron chi connectivity index (χ1n) is 12.2. The molecule has 1 amide bonds. The van der Waals surface area contributed by atoms with Crippen molar-refractivity contribution in [3.63, 3.8) is 0 Å². The fraction of sp³-hybridized carbons (Fsp3) is 0.731. The van der Waals surface area contributed by atoms with Gasteiger partial charge in [-0.25, -0.2) is 0 Å². The van der Waals surface area contributed by atoms with E-state index in [2.05, 4.69) is 31.3 Å². The highest BCUT2D eigenvalue weighted by atomic mass is 16.5. The first-order chi connectivity index (χ1) is 14.7. The van der Waals surface area contributed by atoms with Gasteiger partial charge >= 0.3 is 0 Å². The van der Waals surface area contributed by atoms with Crippen molar-refractivity contribution in [1.29, 1.82) is 0 Å². The molecule has 4 heteroatoms. The summed E-state index contributed by atoms with van der Waals surface area (Å²) in [4.78, 5) is 12.5. The molecular weight excluding hydrogens is 374 g/mol. The van der Waals surface area contributed by atoms with E-state index >= 15 is 0 Å². The number of ether oxygens (including phenoxy) is 1. The third kappa shape index (κ3) is 13.8. The van der Waals surface area contributed by atoms with Gasteiger partial charge in [0.2, 0.25) is 5.91 Å². The fourth-order valence-electron chi connectivity index (χ4n) is 3.77. The number of nitrogens with one attached hydrogen (secondary N) is 1. The highest BCUT2D eigenvalue weighted by Crippen LogP contribution is 2.16. The van der Waals surface area contributed by atoms with Crippen LogP contribution in [0.15, 0.2) is 30.3 Å². The molecule has 30 heavy (non-hydrogen) atoms. The molecule has 0 heterocycles. The number of carbonyl (C=O) groups is 1. The maximum atomic E-state index is 12.5. The van der Waals surface area contributed by atoms with E-state index in [0.717, 1.165) is 31.2 Å². The van der Waals surface area contributed by atoms with Gasteiger partial charge in [0, 0.05) is 0 Å². The molecule has 0 aromatic heterocycles. The van der Waals surface area contributed by atoms with E-state index in [0.29, 0.717) is 13.0 Å². The van der Waals surface area contributed by atoms with E-state index in [1.807, 2.05) is 18.2 Å². The van der Waals surface area contributed by atoms with Crippen LogP contribution in [0.2, 0.25) is 0 Å². The van der Waals surface area contributed by atoms with Gasteiger partial charge in [-0.15, -0.1) is 0 Å². The normalized spacial score (nSPS) is 13.2. The molecule has 0 saturated heterocycles. The van der Waals surface area contributed by atoms with Crippen molar-refractivity contribution < 1.29 is 14.6 Å². The van der Waals surface area contributed by atoms with Crippen molar-refractivity contribution in [2.24, 2.45) is 0 Å². The lowest BCUT2D eigenvalue weighted by molar-refractivity contribution is -0.125. The molecule has 0 radical (unpaired) electrons. The molecule has 0 unspecified atom stereocenters. The van der Waals surface area contributed by atoms with Crippen molar-refractivity contribution in [1.82, 2.24) is 5.32 Å². The van der Waals surface area contributed by atoms with Crippen LogP contribution in [0.25, 0.3) is 0 Å². The van der Waals surface area contributed by atoms with Gasteiger partial charge < -0.3 is 15.2 Å². The molecule has 1 aromatic rings. The molecule has 0 spiro atoms. The first-order valence-corrected chi connectivity index (χ1v) is 12.2. The highest BCUT2D eigenvalue weighted by molar-refractivity contribution is 5.76. The second kappa shape index (κ2) is 18.4. The van der Waals surface area contributed by atoms with Crippen molar-refractivity contribution in [3.05, 3.63) is 35.9 Å². The Labute approximate surface area is 184 Å². The van der Waals surface area contributed by atoms with E-state index < -0.39 is 0 Å². The average molecular weight is 420 g/mol. The smallest absolute Gasteiger partial charge is 0.222 e. The quantitative estimate of drug-likeness (QED) is 0.264. The van der Waals surface area contributed by atoms with E-state index in [1.165, 1.54) is 51.4 Å². The fourth-order valence-corrected chi connectivity index (χ4v) is 3.77. The van der Waals surface area contributed by atoms with Gasteiger partial charge in [-0.1, -0.05) is 108 Å². The Bertz CT molecular complexity index is 520. The number of rotatable bonds is 19. The van der Waals surface area contributed by atoms with E-state index in [4.69, 9.17) is 4.74 Å². The second-order valence-corrected chi connectivity index (χ2v) is 8.48. The third-order valence-electron chi connectivity index (χ3n) is 5.59. The number of aliphatic hydroxyl groups is 1. The summed E-state index contributed by atoms with van der Waals surface area (Å²) in [7, 11) is 0. The molecule has 4 nitrogen and oxygen atoms in total. The maximum Gasteiger partial charge on any atom is 0.222 e. The molecule has 172 valence electrons. The van der Waals surface area contributed by atoms with Crippen LogP contribution < -0.4 is 5.32 Å². The molecular formula is C26H45NO3. The minimum Gasteiger partial charge on any atom is -0.394 e. The molecule has 0 aliphatic rings. The lowest BCUT2D eigenvalue weighted by atomic mass is 10.0. The summed E-state index contributed by atoms with van der Waals surface area (Å²) < 4.78 is 6.12. The van der Waals surface area contributed by atoms with Crippen LogP contribution in [0, 0.1) is 0 Å². The molecule has 0 bridgehead atoms. The van der Waals surface area contributed by atoms with Crippen LogP contribution in [0.3, 0.4) is 0 Å². The zero-order valence-corrected chi connectivity index (χ0v) is 19.4. The summed E-state index contributed by atoms with van der Waals surface area (Å²) in [6.07, 6.45) is 14.6. The summed E-state index contributed by atoms with van der Waals surface area (Å²) >= 11 is 0. The lowest BCUT2D eigenvalue weighted by Crippen LogP contribution is -2.39. The Morgan fingerprint density at radius 3 is 2.13 bits per heavy atom. The molecule has 0 fully saturated rings. The minimum absolute atomic E-state index is 0.00657. The zero-order valence-electron chi connectivity index (χ0n) is 19.4. The lowest BCUT2D eigenvalue weighted by Gasteiger charge is -2.20. The number of benzene rings is 1. The minimum atomic E-state index is -0.148. The monoisotopic (exact) mass is 419 g/mol. The van der Waals surface area contributed by atoms with Crippen LogP contribution in [0.1, 0.15) is 103 Å². The standard InChI is InChI=1S/C26H45NO3/c1-3-5-6-7-8-9-10-11-15-19-25(30-22-23-17-13-12-14-18-23)20-26(29)27-24(21-28)16-4-2/h12-14,17-18,24-25,28H,3-11,15-16,19-22H2,1-2H3,(H,27,29)/t24-,25-/m1/s1. The molecule has 1 rings (SSSR count). The van der Waals surface area contributed by atoms with E-state index in [9.17, 15) is 9.90 Å². The Hall–Kier alpha value is -1.39. The third-order valence-corrected chi connectivity index (χ3v) is 5.59. The Morgan fingerprint density at radius 2 is 1.53 bits per heavy atom. The van der Waals surface area contributed by atoms with Crippen molar-refractivity contribution >= 4 is 5.91 Å². The SMILES string of the molecule is CCCCCCCCCCC[C@H](CC(=O)N[C@@H](CO)CCC)OCc1ccccc1. The summed E-state index contributed by atoms with van der Waals surface area (Å²) in [5.41, 5.74) is 1.13. The van der Waals surface area contributed by atoms with Crippen LogP contribution in [0.4, 0.5) is 0 Å². The van der Waals surface area contributed by atoms with Crippen LogP contribution in [0.5, 0.6) is 0 Å². The van der Waals surface area contributed by atoms with Crippen LogP contribution in [-0.2, 0) is 16.1 Å². The van der Waals surface area contributed by atoms with Gasteiger partial charge in [0.05, 0.1) is 31.8 Å². The Balaban J connectivity index is 2.37. The highest BCUT2D eigenvalue weighted by Gasteiger charge is 2.17. The van der Waals surface area contributed by atoms with Gasteiger partial charge in [0.1, 0.15) is 0 Å². The molecule has 2 atom stereocenters. The molecule has 0 aliphatic carbocycles. The molecule has 2 N–H and O–H groups in total. The van der Waals surface area contributed by atoms with E-state index in [1.54, 1.807) is 0 Å². The van der Waals surface area contributed by atoms with Crippen LogP contribution >= 0.6 is 0 Å². The summed E-state index contributed by atoms with van der Waals surface area (Å²) in [6, 6.07) is 9.98.